The fraction of sp³-hybridized carbons (Fsp3) is 0.381. The quantitative estimate of drug-likeness (QED) is 0.855. The van der Waals surface area contributed by atoms with Crippen LogP contribution in [0.2, 0.25) is 0 Å². The second kappa shape index (κ2) is 6.06. The third-order valence-corrected chi connectivity index (χ3v) is 5.28. The molecule has 0 spiro atoms. The molecule has 4 rings (SSSR count). The molecular formula is C21H25N2O+. The molecule has 2 aromatic carbocycles. The average molecular weight is 321 g/mol. The van der Waals surface area contributed by atoms with E-state index in [2.05, 4.69) is 40.7 Å². The van der Waals surface area contributed by atoms with Crippen molar-refractivity contribution in [3.8, 4) is 0 Å². The maximum Gasteiger partial charge on any atom is 0.271 e. The number of aryl methyl sites for hydroxylation is 1. The Kier molecular flexibility index (Phi) is 3.89. The Morgan fingerprint density at radius 1 is 1.00 bits per heavy atom. The molecule has 24 heavy (non-hydrogen) atoms. The van der Waals surface area contributed by atoms with Crippen molar-refractivity contribution < 1.29 is 9.68 Å². The minimum absolute atomic E-state index is 0.593. The van der Waals surface area contributed by atoms with Gasteiger partial charge in [-0.15, -0.1) is 0 Å². The Balaban J connectivity index is 1.82. The average Bonchev–Trinajstić information content (AvgIpc) is 2.77. The van der Waals surface area contributed by atoms with Gasteiger partial charge < -0.3 is 5.11 Å². The van der Waals surface area contributed by atoms with Crippen LogP contribution >= 0.6 is 0 Å². The van der Waals surface area contributed by atoms with Crippen LogP contribution in [0.5, 0.6) is 0 Å². The second-order valence-corrected chi connectivity index (χ2v) is 6.99. The summed E-state index contributed by atoms with van der Waals surface area (Å²) in [4.78, 5) is 2.32. The van der Waals surface area contributed by atoms with Gasteiger partial charge in [-0.2, -0.15) is 0 Å². The Morgan fingerprint density at radius 3 is 2.62 bits per heavy atom. The summed E-state index contributed by atoms with van der Waals surface area (Å²) >= 11 is 0. The molecule has 0 saturated heterocycles. The van der Waals surface area contributed by atoms with Crippen LogP contribution in [0.3, 0.4) is 0 Å². The second-order valence-electron chi connectivity index (χ2n) is 6.99. The van der Waals surface area contributed by atoms with E-state index < -0.39 is 5.72 Å². The summed E-state index contributed by atoms with van der Waals surface area (Å²) in [6.07, 6.45) is 4.59. The van der Waals surface area contributed by atoms with Crippen LogP contribution in [-0.4, -0.2) is 28.6 Å². The summed E-state index contributed by atoms with van der Waals surface area (Å²) in [5.41, 5.74) is 2.48. The molecule has 2 aliphatic heterocycles. The number of rotatable bonds is 2. The summed E-state index contributed by atoms with van der Waals surface area (Å²) in [6.45, 7) is 3.64. The van der Waals surface area contributed by atoms with Gasteiger partial charge in [0.05, 0.1) is 6.54 Å². The van der Waals surface area contributed by atoms with Crippen LogP contribution in [-0.2, 0) is 5.72 Å². The van der Waals surface area contributed by atoms with Gasteiger partial charge in [0.25, 0.3) is 11.6 Å². The van der Waals surface area contributed by atoms with E-state index in [1.54, 1.807) is 0 Å². The molecule has 0 saturated carbocycles. The SMILES string of the molecule is Cc1cccc(N2C[C@](O)(c3ccccc3)[N+]3=C2CCCCC3)c1. The standard InChI is InChI=1S/C21H25N2O/c1-17-9-8-12-19(15-17)22-16-21(24,18-10-4-2-5-11-18)23-14-7-3-6-13-20(22)23/h2,4-5,8-12,15,24H,3,6-7,13-14,16H2,1H3/q+1/t21-/m0/s1. The topological polar surface area (TPSA) is 26.5 Å². The van der Waals surface area contributed by atoms with Crippen molar-refractivity contribution in [1.82, 2.24) is 0 Å². The highest BCUT2D eigenvalue weighted by atomic mass is 16.3. The van der Waals surface area contributed by atoms with E-state index in [9.17, 15) is 5.11 Å². The zero-order chi connectivity index (χ0) is 16.6. The van der Waals surface area contributed by atoms with E-state index in [0.29, 0.717) is 6.54 Å². The molecule has 0 aromatic heterocycles. The Bertz CT molecular complexity index is 768. The van der Waals surface area contributed by atoms with Crippen LogP contribution < -0.4 is 4.90 Å². The van der Waals surface area contributed by atoms with Gasteiger partial charge in [0.15, 0.2) is 6.54 Å². The van der Waals surface area contributed by atoms with Crippen molar-refractivity contribution in [3.05, 3.63) is 65.7 Å². The van der Waals surface area contributed by atoms with Crippen LogP contribution in [0.4, 0.5) is 5.69 Å². The van der Waals surface area contributed by atoms with Crippen LogP contribution in [0.1, 0.15) is 36.8 Å². The molecule has 124 valence electrons. The number of aliphatic hydroxyl groups is 1. The number of anilines is 1. The third kappa shape index (κ3) is 2.53. The number of hydrogen-bond donors (Lipinski definition) is 1. The molecular weight excluding hydrogens is 296 g/mol. The van der Waals surface area contributed by atoms with E-state index >= 15 is 0 Å². The van der Waals surface area contributed by atoms with Crippen molar-refractivity contribution >= 4 is 11.5 Å². The first-order valence-corrected chi connectivity index (χ1v) is 8.94. The molecule has 0 amide bonds. The third-order valence-electron chi connectivity index (χ3n) is 5.28. The van der Waals surface area contributed by atoms with Crippen LogP contribution in [0, 0.1) is 6.92 Å². The number of β-amino-alcohol motifs (C(OH)–C–C–N with tert-alkyl or cyclic N) is 1. The van der Waals surface area contributed by atoms with Gasteiger partial charge in [-0.3, -0.25) is 0 Å². The summed E-state index contributed by atoms with van der Waals surface area (Å²) in [5, 5.41) is 11.6. The van der Waals surface area contributed by atoms with Gasteiger partial charge in [-0.25, -0.2) is 9.48 Å². The van der Waals surface area contributed by atoms with Crippen LogP contribution in [0.25, 0.3) is 0 Å². The highest BCUT2D eigenvalue weighted by molar-refractivity contribution is 5.96. The van der Waals surface area contributed by atoms with Gasteiger partial charge in [0, 0.05) is 12.0 Å². The Morgan fingerprint density at radius 2 is 1.83 bits per heavy atom. The minimum Gasteiger partial charge on any atom is -0.346 e. The van der Waals surface area contributed by atoms with Gasteiger partial charge in [0.2, 0.25) is 0 Å². The first-order chi connectivity index (χ1) is 11.7. The predicted molar refractivity (Wildman–Crippen MR) is 97.5 cm³/mol. The molecule has 2 aliphatic rings. The maximum absolute atomic E-state index is 11.6. The van der Waals surface area contributed by atoms with E-state index in [4.69, 9.17) is 0 Å². The molecule has 3 nitrogen and oxygen atoms in total. The lowest BCUT2D eigenvalue weighted by Crippen LogP contribution is -2.40. The largest absolute Gasteiger partial charge is 0.346 e. The lowest BCUT2D eigenvalue weighted by Gasteiger charge is -2.23. The lowest BCUT2D eigenvalue weighted by atomic mass is 10.0. The number of hydrogen-bond acceptors (Lipinski definition) is 2. The van der Waals surface area contributed by atoms with Crippen molar-refractivity contribution in [2.45, 2.75) is 38.3 Å². The van der Waals surface area contributed by atoms with E-state index in [0.717, 1.165) is 24.9 Å². The number of nitrogens with zero attached hydrogens (tertiary/aromatic N) is 2. The zero-order valence-corrected chi connectivity index (χ0v) is 14.3. The lowest BCUT2D eigenvalue weighted by molar-refractivity contribution is -0.658. The minimum atomic E-state index is -0.940. The van der Waals surface area contributed by atoms with Crippen molar-refractivity contribution in [2.24, 2.45) is 0 Å². The highest BCUT2D eigenvalue weighted by Gasteiger charge is 2.51. The summed E-state index contributed by atoms with van der Waals surface area (Å²) < 4.78 is 2.25. The molecule has 0 aliphatic carbocycles. The van der Waals surface area contributed by atoms with Gasteiger partial charge >= 0.3 is 0 Å². The summed E-state index contributed by atoms with van der Waals surface area (Å²) in [5.74, 6) is 1.27. The van der Waals surface area contributed by atoms with E-state index in [1.165, 1.54) is 29.9 Å². The van der Waals surface area contributed by atoms with Gasteiger partial charge in [-0.05, 0) is 43.9 Å². The summed E-state index contributed by atoms with van der Waals surface area (Å²) in [6, 6.07) is 18.7. The molecule has 2 aromatic rings. The maximum atomic E-state index is 11.6. The van der Waals surface area contributed by atoms with Gasteiger partial charge in [-0.1, -0.05) is 42.5 Å². The number of amidine groups is 1. The zero-order valence-electron chi connectivity index (χ0n) is 14.3. The first kappa shape index (κ1) is 15.4. The monoisotopic (exact) mass is 321 g/mol. The Labute approximate surface area is 143 Å². The molecule has 1 N–H and O–H groups in total. The fourth-order valence-electron chi connectivity index (χ4n) is 4.06. The fourth-order valence-corrected chi connectivity index (χ4v) is 4.06. The highest BCUT2D eigenvalue weighted by Crippen LogP contribution is 2.35. The first-order valence-electron chi connectivity index (χ1n) is 8.94. The molecule has 0 bridgehead atoms. The molecule has 2 heterocycles. The van der Waals surface area contributed by atoms with Gasteiger partial charge in [0.1, 0.15) is 5.69 Å². The predicted octanol–water partition coefficient (Wildman–Crippen LogP) is 3.65. The molecule has 0 unspecified atom stereocenters. The number of benzene rings is 2. The Hall–Kier alpha value is -2.13. The molecule has 1 atom stereocenters. The van der Waals surface area contributed by atoms with E-state index in [-0.39, 0.29) is 0 Å². The molecule has 0 fully saturated rings. The molecule has 0 radical (unpaired) electrons. The van der Waals surface area contributed by atoms with Crippen molar-refractivity contribution in [2.75, 3.05) is 18.0 Å². The summed E-state index contributed by atoms with van der Waals surface area (Å²) in [7, 11) is 0. The smallest absolute Gasteiger partial charge is 0.271 e. The van der Waals surface area contributed by atoms with Crippen LogP contribution in [0.15, 0.2) is 54.6 Å². The molecule has 3 heteroatoms. The van der Waals surface area contributed by atoms with Crippen molar-refractivity contribution in [1.29, 1.82) is 0 Å². The normalized spacial score (nSPS) is 24.0. The van der Waals surface area contributed by atoms with E-state index in [1.807, 2.05) is 30.3 Å². The van der Waals surface area contributed by atoms with Crippen molar-refractivity contribution in [3.63, 3.8) is 0 Å².